The lowest BCUT2D eigenvalue weighted by Gasteiger charge is -2.16. The first-order valence-electron chi connectivity index (χ1n) is 7.56. The molecule has 1 amide bonds. The first-order chi connectivity index (χ1) is 11.4. The summed E-state index contributed by atoms with van der Waals surface area (Å²) < 4.78 is 5.70. The molecule has 1 heterocycles. The van der Waals surface area contributed by atoms with Gasteiger partial charge in [0.2, 0.25) is 0 Å². The minimum absolute atomic E-state index is 0.0464. The van der Waals surface area contributed by atoms with Gasteiger partial charge in [0.25, 0.3) is 5.91 Å². The molecular weight excluding hydrogens is 304 g/mol. The van der Waals surface area contributed by atoms with E-state index in [1.807, 2.05) is 32.8 Å². The Hall–Kier alpha value is -3.07. The zero-order valence-electron chi connectivity index (χ0n) is 14.2. The molecule has 0 spiro atoms. The number of nitriles is 1. The van der Waals surface area contributed by atoms with Gasteiger partial charge in [-0.1, -0.05) is 0 Å². The molecule has 1 aromatic heterocycles. The minimum Gasteiger partial charge on any atom is -0.489 e. The lowest BCUT2D eigenvalue weighted by atomic mass is 10.1. The van der Waals surface area contributed by atoms with Crippen molar-refractivity contribution < 1.29 is 9.53 Å². The van der Waals surface area contributed by atoms with Gasteiger partial charge in [0.05, 0.1) is 23.4 Å². The van der Waals surface area contributed by atoms with E-state index in [-0.39, 0.29) is 12.0 Å². The van der Waals surface area contributed by atoms with Crippen molar-refractivity contribution in [1.82, 2.24) is 4.98 Å². The SMILES string of the molecule is CC(C)Oc1ccc(C#N)cc1NC(=O)c1ccnc(N(C)C)c1. The Kier molecular flexibility index (Phi) is 5.38. The van der Waals surface area contributed by atoms with Crippen LogP contribution in [0.5, 0.6) is 5.75 Å². The third kappa shape index (κ3) is 4.23. The van der Waals surface area contributed by atoms with Gasteiger partial charge in [0, 0.05) is 25.9 Å². The Labute approximate surface area is 141 Å². The van der Waals surface area contributed by atoms with Crippen LogP contribution in [0.1, 0.15) is 29.8 Å². The predicted molar refractivity (Wildman–Crippen MR) is 93.4 cm³/mol. The van der Waals surface area contributed by atoms with E-state index in [9.17, 15) is 4.79 Å². The van der Waals surface area contributed by atoms with Gasteiger partial charge in [0.15, 0.2) is 0 Å². The first-order valence-corrected chi connectivity index (χ1v) is 7.56. The molecule has 0 saturated carbocycles. The Morgan fingerprint density at radius 3 is 2.67 bits per heavy atom. The lowest BCUT2D eigenvalue weighted by Crippen LogP contribution is -2.16. The lowest BCUT2D eigenvalue weighted by molar-refractivity contribution is 0.102. The summed E-state index contributed by atoms with van der Waals surface area (Å²) in [6.45, 7) is 3.80. The first kappa shape index (κ1) is 17.3. The topological polar surface area (TPSA) is 78.2 Å². The maximum absolute atomic E-state index is 12.5. The van der Waals surface area contributed by atoms with Gasteiger partial charge in [-0.3, -0.25) is 4.79 Å². The zero-order valence-corrected chi connectivity index (χ0v) is 14.2. The number of amides is 1. The fraction of sp³-hybridized carbons (Fsp3) is 0.278. The van der Waals surface area contributed by atoms with Gasteiger partial charge in [-0.25, -0.2) is 4.98 Å². The number of hydrogen-bond donors (Lipinski definition) is 1. The number of benzene rings is 1. The minimum atomic E-state index is -0.288. The Morgan fingerprint density at radius 2 is 2.04 bits per heavy atom. The van der Waals surface area contributed by atoms with E-state index < -0.39 is 0 Å². The monoisotopic (exact) mass is 324 g/mol. The van der Waals surface area contributed by atoms with Crippen molar-refractivity contribution in [3.63, 3.8) is 0 Å². The number of ether oxygens (including phenoxy) is 1. The van der Waals surface area contributed by atoms with Crippen LogP contribution in [0.25, 0.3) is 0 Å². The van der Waals surface area contributed by atoms with Crippen LogP contribution in [0.3, 0.4) is 0 Å². The van der Waals surface area contributed by atoms with Crippen LogP contribution in [0, 0.1) is 11.3 Å². The van der Waals surface area contributed by atoms with Gasteiger partial charge in [-0.05, 0) is 44.2 Å². The summed E-state index contributed by atoms with van der Waals surface area (Å²) in [5, 5.41) is 11.9. The van der Waals surface area contributed by atoms with Gasteiger partial charge >= 0.3 is 0 Å². The predicted octanol–water partition coefficient (Wildman–Crippen LogP) is 3.06. The number of nitrogens with one attached hydrogen (secondary N) is 1. The molecule has 0 radical (unpaired) electrons. The average Bonchev–Trinajstić information content (AvgIpc) is 2.56. The van der Waals surface area contributed by atoms with E-state index in [4.69, 9.17) is 10.00 Å². The van der Waals surface area contributed by atoms with Crippen LogP contribution >= 0.6 is 0 Å². The van der Waals surface area contributed by atoms with E-state index in [1.165, 1.54) is 0 Å². The highest BCUT2D eigenvalue weighted by Crippen LogP contribution is 2.27. The molecule has 2 rings (SSSR count). The van der Waals surface area contributed by atoms with Crippen molar-refractivity contribution in [2.45, 2.75) is 20.0 Å². The van der Waals surface area contributed by atoms with Crippen molar-refractivity contribution in [3.05, 3.63) is 47.7 Å². The third-order valence-electron chi connectivity index (χ3n) is 3.19. The fourth-order valence-electron chi connectivity index (χ4n) is 2.05. The smallest absolute Gasteiger partial charge is 0.255 e. The van der Waals surface area contributed by atoms with Crippen molar-refractivity contribution in [2.75, 3.05) is 24.3 Å². The summed E-state index contributed by atoms with van der Waals surface area (Å²) in [6.07, 6.45) is 1.54. The normalized spacial score (nSPS) is 10.2. The average molecular weight is 324 g/mol. The summed E-state index contributed by atoms with van der Waals surface area (Å²) in [4.78, 5) is 18.5. The molecule has 1 N–H and O–H groups in total. The van der Waals surface area contributed by atoms with Crippen molar-refractivity contribution in [1.29, 1.82) is 5.26 Å². The highest BCUT2D eigenvalue weighted by molar-refractivity contribution is 6.05. The van der Waals surface area contributed by atoms with Gasteiger partial charge < -0.3 is 15.0 Å². The molecule has 6 heteroatoms. The summed E-state index contributed by atoms with van der Waals surface area (Å²) >= 11 is 0. The quantitative estimate of drug-likeness (QED) is 0.914. The molecule has 0 aliphatic heterocycles. The van der Waals surface area contributed by atoms with Crippen molar-refractivity contribution >= 4 is 17.4 Å². The molecule has 0 bridgehead atoms. The van der Waals surface area contributed by atoms with E-state index in [2.05, 4.69) is 16.4 Å². The number of carbonyl (C=O) groups is 1. The molecular formula is C18H20N4O2. The standard InChI is InChI=1S/C18H20N4O2/c1-12(2)24-16-6-5-13(11-19)9-15(16)21-18(23)14-7-8-20-17(10-14)22(3)4/h5-10,12H,1-4H3,(H,21,23). The van der Waals surface area contributed by atoms with Gasteiger partial charge in [-0.15, -0.1) is 0 Å². The molecule has 0 unspecified atom stereocenters. The van der Waals surface area contributed by atoms with Crippen molar-refractivity contribution in [2.24, 2.45) is 0 Å². The second kappa shape index (κ2) is 7.47. The number of aromatic nitrogens is 1. The van der Waals surface area contributed by atoms with Crippen LogP contribution in [-0.2, 0) is 0 Å². The van der Waals surface area contributed by atoms with E-state index in [0.29, 0.717) is 28.4 Å². The largest absolute Gasteiger partial charge is 0.489 e. The summed E-state index contributed by atoms with van der Waals surface area (Å²) in [5.41, 5.74) is 1.40. The molecule has 6 nitrogen and oxygen atoms in total. The summed E-state index contributed by atoms with van der Waals surface area (Å²) in [7, 11) is 3.71. The maximum Gasteiger partial charge on any atom is 0.255 e. The van der Waals surface area contributed by atoms with Crippen LogP contribution in [0.15, 0.2) is 36.5 Å². The van der Waals surface area contributed by atoms with Crippen LogP contribution in [-0.4, -0.2) is 31.1 Å². The van der Waals surface area contributed by atoms with Gasteiger partial charge in [-0.2, -0.15) is 5.26 Å². The molecule has 0 fully saturated rings. The fourth-order valence-corrected chi connectivity index (χ4v) is 2.05. The zero-order chi connectivity index (χ0) is 17.7. The Morgan fingerprint density at radius 1 is 1.29 bits per heavy atom. The molecule has 1 aromatic carbocycles. The molecule has 124 valence electrons. The van der Waals surface area contributed by atoms with Crippen molar-refractivity contribution in [3.8, 4) is 11.8 Å². The molecule has 0 saturated heterocycles. The highest BCUT2D eigenvalue weighted by atomic mass is 16.5. The highest BCUT2D eigenvalue weighted by Gasteiger charge is 2.13. The third-order valence-corrected chi connectivity index (χ3v) is 3.19. The number of rotatable bonds is 5. The maximum atomic E-state index is 12.5. The molecule has 0 aliphatic rings. The summed E-state index contributed by atoms with van der Waals surface area (Å²) in [5.74, 6) is 0.926. The number of pyridine rings is 1. The van der Waals surface area contributed by atoms with Gasteiger partial charge in [0.1, 0.15) is 11.6 Å². The Balaban J connectivity index is 2.30. The second-order valence-corrected chi connectivity index (χ2v) is 5.74. The molecule has 24 heavy (non-hydrogen) atoms. The van der Waals surface area contributed by atoms with E-state index >= 15 is 0 Å². The molecule has 0 atom stereocenters. The number of carbonyl (C=O) groups excluding carboxylic acids is 1. The Bertz CT molecular complexity index is 779. The number of anilines is 2. The summed E-state index contributed by atoms with van der Waals surface area (Å²) in [6, 6.07) is 10.3. The molecule has 2 aromatic rings. The van der Waals surface area contributed by atoms with E-state index in [0.717, 1.165) is 0 Å². The van der Waals surface area contributed by atoms with Crippen LogP contribution < -0.4 is 15.0 Å². The number of hydrogen-bond acceptors (Lipinski definition) is 5. The van der Waals surface area contributed by atoms with Crippen LogP contribution in [0.4, 0.5) is 11.5 Å². The molecule has 0 aliphatic carbocycles. The second-order valence-electron chi connectivity index (χ2n) is 5.74. The van der Waals surface area contributed by atoms with E-state index in [1.54, 1.807) is 36.5 Å². The van der Waals surface area contributed by atoms with Crippen LogP contribution in [0.2, 0.25) is 0 Å². The number of nitrogens with zero attached hydrogens (tertiary/aromatic N) is 3.